The van der Waals surface area contributed by atoms with Crippen LogP contribution in [0.25, 0.3) is 0 Å². The highest BCUT2D eigenvalue weighted by atomic mass is 127. The fraction of sp³-hybridized carbons (Fsp3) is 0. The van der Waals surface area contributed by atoms with Gasteiger partial charge in [-0.2, -0.15) is 0 Å². The Bertz CT molecular complexity index is 474. The number of benzene rings is 1. The quantitative estimate of drug-likeness (QED) is 0.753. The van der Waals surface area contributed by atoms with Gasteiger partial charge in [-0.1, -0.05) is 6.07 Å². The molecule has 1 heterocycles. The van der Waals surface area contributed by atoms with Gasteiger partial charge in [-0.25, -0.2) is 9.97 Å². The summed E-state index contributed by atoms with van der Waals surface area (Å²) in [6.45, 7) is 0. The zero-order chi connectivity index (χ0) is 10.7. The van der Waals surface area contributed by atoms with Crippen molar-refractivity contribution in [3.05, 3.63) is 43.9 Å². The summed E-state index contributed by atoms with van der Waals surface area (Å²) in [5.74, 6) is 0.840. The minimum atomic E-state index is 0.840. The van der Waals surface area contributed by atoms with Crippen molar-refractivity contribution in [3.8, 4) is 0 Å². The van der Waals surface area contributed by atoms with Gasteiger partial charge >= 0.3 is 0 Å². The molecule has 0 amide bonds. The molecule has 3 nitrogen and oxygen atoms in total. The van der Waals surface area contributed by atoms with Crippen LogP contribution >= 0.6 is 45.2 Å². The van der Waals surface area contributed by atoms with Gasteiger partial charge < -0.3 is 5.32 Å². The Hall–Kier alpha value is -0.440. The number of halogens is 2. The number of aromatic nitrogens is 2. The van der Waals surface area contributed by atoms with Gasteiger partial charge in [0.15, 0.2) is 0 Å². The summed E-state index contributed by atoms with van der Waals surface area (Å²) < 4.78 is 2.20. The second kappa shape index (κ2) is 5.06. The lowest BCUT2D eigenvalue weighted by Crippen LogP contribution is -1.96. The van der Waals surface area contributed by atoms with E-state index in [0.29, 0.717) is 0 Å². The highest BCUT2D eigenvalue weighted by Crippen LogP contribution is 2.20. The normalized spacial score (nSPS) is 10.0. The van der Waals surface area contributed by atoms with E-state index in [1.165, 1.54) is 3.57 Å². The van der Waals surface area contributed by atoms with Gasteiger partial charge in [0, 0.05) is 15.5 Å². The van der Waals surface area contributed by atoms with Crippen LogP contribution in [-0.4, -0.2) is 9.97 Å². The number of rotatable bonds is 2. The van der Waals surface area contributed by atoms with Gasteiger partial charge in [0.05, 0.1) is 3.57 Å². The molecule has 0 bridgehead atoms. The van der Waals surface area contributed by atoms with Crippen LogP contribution < -0.4 is 5.32 Å². The summed E-state index contributed by atoms with van der Waals surface area (Å²) in [7, 11) is 0. The lowest BCUT2D eigenvalue weighted by atomic mass is 10.3. The molecule has 0 fully saturated rings. The van der Waals surface area contributed by atoms with Crippen molar-refractivity contribution in [2.75, 3.05) is 5.32 Å². The van der Waals surface area contributed by atoms with Crippen LogP contribution in [0.5, 0.6) is 0 Å². The molecule has 0 radical (unpaired) electrons. The van der Waals surface area contributed by atoms with Crippen molar-refractivity contribution in [1.82, 2.24) is 9.97 Å². The Labute approximate surface area is 115 Å². The minimum Gasteiger partial charge on any atom is -0.339 e. The molecule has 2 aromatic rings. The predicted octanol–water partition coefficient (Wildman–Crippen LogP) is 3.43. The number of hydrogen-bond acceptors (Lipinski definition) is 3. The zero-order valence-electron chi connectivity index (χ0n) is 7.61. The van der Waals surface area contributed by atoms with E-state index in [9.17, 15) is 0 Å². The fourth-order valence-corrected chi connectivity index (χ4v) is 2.09. The summed E-state index contributed by atoms with van der Waals surface area (Å²) in [4.78, 5) is 8.12. The van der Waals surface area contributed by atoms with Crippen LogP contribution in [0.3, 0.4) is 0 Å². The summed E-state index contributed by atoms with van der Waals surface area (Å²) in [5, 5.41) is 3.25. The van der Waals surface area contributed by atoms with E-state index in [2.05, 4.69) is 72.6 Å². The lowest BCUT2D eigenvalue weighted by Gasteiger charge is -2.06. The molecule has 15 heavy (non-hydrogen) atoms. The molecule has 1 aromatic carbocycles. The van der Waals surface area contributed by atoms with Gasteiger partial charge in [-0.3, -0.25) is 0 Å². The third kappa shape index (κ3) is 3.00. The minimum absolute atomic E-state index is 0.840. The highest BCUT2D eigenvalue weighted by molar-refractivity contribution is 14.1. The SMILES string of the molecule is Ic1cccc(Nc2ncncc2I)c1. The first-order valence-corrected chi connectivity index (χ1v) is 6.39. The molecule has 0 saturated heterocycles. The standard InChI is InChI=1S/C10H7I2N3/c11-7-2-1-3-8(4-7)15-10-9(12)5-13-6-14-10/h1-6H,(H,13,14,15). The summed E-state index contributed by atoms with van der Waals surface area (Å²) >= 11 is 4.49. The second-order valence-electron chi connectivity index (χ2n) is 2.85. The van der Waals surface area contributed by atoms with Crippen LogP contribution in [0.1, 0.15) is 0 Å². The highest BCUT2D eigenvalue weighted by Gasteiger charge is 2.00. The Morgan fingerprint density at radius 3 is 2.80 bits per heavy atom. The second-order valence-corrected chi connectivity index (χ2v) is 5.26. The molecule has 0 aliphatic carbocycles. The van der Waals surface area contributed by atoms with Crippen molar-refractivity contribution < 1.29 is 0 Å². The largest absolute Gasteiger partial charge is 0.339 e. The Morgan fingerprint density at radius 1 is 1.20 bits per heavy atom. The first kappa shape index (κ1) is 11.1. The molecular formula is C10H7I2N3. The molecule has 0 spiro atoms. The van der Waals surface area contributed by atoms with Crippen molar-refractivity contribution >= 4 is 56.7 Å². The van der Waals surface area contributed by atoms with E-state index >= 15 is 0 Å². The molecule has 0 unspecified atom stereocenters. The summed E-state index contributed by atoms with van der Waals surface area (Å²) in [6, 6.07) is 8.15. The first-order valence-electron chi connectivity index (χ1n) is 4.24. The third-order valence-corrected chi connectivity index (χ3v) is 3.22. The molecule has 0 aliphatic rings. The van der Waals surface area contributed by atoms with E-state index < -0.39 is 0 Å². The molecule has 1 N–H and O–H groups in total. The first-order chi connectivity index (χ1) is 7.25. The molecule has 0 atom stereocenters. The Morgan fingerprint density at radius 2 is 2.07 bits per heavy atom. The number of hydrogen-bond donors (Lipinski definition) is 1. The average Bonchev–Trinajstić information content (AvgIpc) is 2.22. The molecule has 2 rings (SSSR count). The van der Waals surface area contributed by atoms with Crippen LogP contribution in [0.4, 0.5) is 11.5 Å². The monoisotopic (exact) mass is 423 g/mol. The van der Waals surface area contributed by atoms with Crippen LogP contribution in [-0.2, 0) is 0 Å². The van der Waals surface area contributed by atoms with Gasteiger partial charge in [0.1, 0.15) is 12.1 Å². The van der Waals surface area contributed by atoms with Gasteiger partial charge in [-0.05, 0) is 63.4 Å². The topological polar surface area (TPSA) is 37.8 Å². The fourth-order valence-electron chi connectivity index (χ4n) is 1.11. The average molecular weight is 423 g/mol. The molecule has 76 valence electrons. The van der Waals surface area contributed by atoms with Crippen LogP contribution in [0.15, 0.2) is 36.8 Å². The molecule has 5 heteroatoms. The van der Waals surface area contributed by atoms with Gasteiger partial charge in [-0.15, -0.1) is 0 Å². The van der Waals surface area contributed by atoms with Crippen LogP contribution in [0.2, 0.25) is 0 Å². The summed E-state index contributed by atoms with van der Waals surface area (Å²) in [5.41, 5.74) is 1.04. The van der Waals surface area contributed by atoms with Gasteiger partial charge in [0.2, 0.25) is 0 Å². The Balaban J connectivity index is 2.26. The van der Waals surface area contributed by atoms with Crippen molar-refractivity contribution in [2.45, 2.75) is 0 Å². The van der Waals surface area contributed by atoms with Gasteiger partial charge in [0.25, 0.3) is 0 Å². The maximum Gasteiger partial charge on any atom is 0.147 e. The number of nitrogens with zero attached hydrogens (tertiary/aromatic N) is 2. The van der Waals surface area contributed by atoms with E-state index in [-0.39, 0.29) is 0 Å². The molecule has 0 saturated carbocycles. The lowest BCUT2D eigenvalue weighted by molar-refractivity contribution is 1.15. The van der Waals surface area contributed by atoms with E-state index in [4.69, 9.17) is 0 Å². The molecule has 1 aromatic heterocycles. The maximum absolute atomic E-state index is 4.17. The summed E-state index contributed by atoms with van der Waals surface area (Å²) in [6.07, 6.45) is 3.32. The Kier molecular flexibility index (Phi) is 3.73. The third-order valence-electron chi connectivity index (χ3n) is 1.75. The van der Waals surface area contributed by atoms with Crippen molar-refractivity contribution in [3.63, 3.8) is 0 Å². The van der Waals surface area contributed by atoms with Crippen molar-refractivity contribution in [2.24, 2.45) is 0 Å². The maximum atomic E-state index is 4.17. The van der Waals surface area contributed by atoms with E-state index in [1.54, 1.807) is 12.5 Å². The zero-order valence-corrected chi connectivity index (χ0v) is 11.9. The van der Waals surface area contributed by atoms with E-state index in [0.717, 1.165) is 15.1 Å². The van der Waals surface area contributed by atoms with Crippen LogP contribution in [0, 0.1) is 7.14 Å². The molecule has 0 aliphatic heterocycles. The van der Waals surface area contributed by atoms with E-state index in [1.807, 2.05) is 12.1 Å². The smallest absolute Gasteiger partial charge is 0.147 e. The number of anilines is 2. The number of nitrogens with one attached hydrogen (secondary N) is 1. The molecular weight excluding hydrogens is 416 g/mol. The predicted molar refractivity (Wildman–Crippen MR) is 77.2 cm³/mol. The van der Waals surface area contributed by atoms with Crippen molar-refractivity contribution in [1.29, 1.82) is 0 Å².